The molecule has 0 radical (unpaired) electrons. The zero-order valence-corrected chi connectivity index (χ0v) is 17.8. The van der Waals surface area contributed by atoms with Crippen LogP contribution in [0.4, 0.5) is 74.6 Å². The number of halogens is 17. The van der Waals surface area contributed by atoms with E-state index in [-0.39, 0.29) is 12.7 Å². The molecule has 1 unspecified atom stereocenters. The van der Waals surface area contributed by atoms with Crippen LogP contribution in [0.1, 0.15) is 18.9 Å². The molecule has 0 aromatic heterocycles. The lowest BCUT2D eigenvalue weighted by atomic mass is 9.83. The monoisotopic (exact) mass is 584 g/mol. The van der Waals surface area contributed by atoms with E-state index < -0.39 is 65.2 Å². The number of methoxy groups -OCH3 is 1. The van der Waals surface area contributed by atoms with Crippen LogP contribution >= 0.6 is 0 Å². The normalized spacial score (nSPS) is 17.0. The number of alkyl halides is 17. The van der Waals surface area contributed by atoms with Gasteiger partial charge in [0.15, 0.2) is 0 Å². The van der Waals surface area contributed by atoms with Crippen molar-refractivity contribution in [2.24, 2.45) is 0 Å². The molecule has 0 bridgehead atoms. The minimum Gasteiger partial charge on any atom is -0.497 e. The van der Waals surface area contributed by atoms with Gasteiger partial charge in [-0.15, -0.1) is 0 Å². The van der Waals surface area contributed by atoms with Crippen molar-refractivity contribution in [2.75, 3.05) is 7.11 Å². The van der Waals surface area contributed by atoms with Gasteiger partial charge in [0.05, 0.1) is 19.1 Å². The molecule has 0 amide bonds. The average Bonchev–Trinajstić information content (AvgIpc) is 2.71. The molecule has 0 heterocycles. The van der Waals surface area contributed by atoms with E-state index in [4.69, 9.17) is 0 Å². The molecule has 0 fully saturated rings. The fraction of sp³-hybridized carbons (Fsp3) is 0.667. The predicted molar refractivity (Wildman–Crippen MR) is 87.9 cm³/mol. The molecular formula is C18H13F17O2. The third-order valence-corrected chi connectivity index (χ3v) is 5.07. The van der Waals surface area contributed by atoms with E-state index in [9.17, 15) is 79.7 Å². The van der Waals surface area contributed by atoms with Crippen LogP contribution in [0.15, 0.2) is 24.3 Å². The summed E-state index contributed by atoms with van der Waals surface area (Å²) in [6.07, 6.45) is -10.8. The molecular weight excluding hydrogens is 571 g/mol. The van der Waals surface area contributed by atoms with Crippen LogP contribution in [0.25, 0.3) is 0 Å². The second-order valence-electron chi connectivity index (χ2n) is 7.83. The van der Waals surface area contributed by atoms with Crippen molar-refractivity contribution < 1.29 is 84.5 Å². The zero-order valence-electron chi connectivity index (χ0n) is 17.8. The van der Waals surface area contributed by atoms with E-state index in [0.29, 0.717) is 12.1 Å². The highest BCUT2D eigenvalue weighted by Crippen LogP contribution is 2.64. The van der Waals surface area contributed by atoms with Crippen molar-refractivity contribution in [3.05, 3.63) is 29.8 Å². The summed E-state index contributed by atoms with van der Waals surface area (Å²) in [6.45, 7) is 0.224. The number of rotatable bonds is 10. The number of ether oxygens (including phenoxy) is 1. The number of hydrogen-bond donors (Lipinski definition) is 1. The summed E-state index contributed by atoms with van der Waals surface area (Å²) in [7, 11) is 1.08. The number of hydrogen-bond acceptors (Lipinski definition) is 2. The summed E-state index contributed by atoms with van der Waals surface area (Å²) in [5.74, 6) is -57.1. The Labute approximate surface area is 195 Å². The maximum absolute atomic E-state index is 14.2. The van der Waals surface area contributed by atoms with Crippen molar-refractivity contribution in [1.82, 2.24) is 0 Å². The quantitative estimate of drug-likeness (QED) is 0.293. The second-order valence-corrected chi connectivity index (χ2v) is 7.83. The molecule has 0 aliphatic carbocycles. The Balaban J connectivity index is 3.58. The van der Waals surface area contributed by atoms with Crippen LogP contribution < -0.4 is 4.74 Å². The standard InChI is InChI=1S/C18H13F17O2/c1-10(36,8-3-5-9(37-2)6-4-8)7-11(19,20)12(21,22)13(23,24)14(25,26)15(27,28)16(29,30)17(31,32)18(33,34)35/h3-6,36H,7H2,1-2H3. The molecule has 0 aliphatic rings. The highest BCUT2D eigenvalue weighted by atomic mass is 19.4. The SMILES string of the molecule is COc1ccc(C(C)(O)CC(F)(F)C(F)(F)C(F)(F)C(F)(F)C(F)(F)C(F)(F)C(F)(F)C(F)(F)F)cc1. The van der Waals surface area contributed by atoms with E-state index in [2.05, 4.69) is 4.74 Å². The molecule has 216 valence electrons. The molecule has 1 aromatic rings. The molecule has 2 nitrogen and oxygen atoms in total. The minimum atomic E-state index is -8.69. The Morgan fingerprint density at radius 2 is 0.892 bits per heavy atom. The van der Waals surface area contributed by atoms with Gasteiger partial charge in [-0.1, -0.05) is 12.1 Å². The Hall–Kier alpha value is -2.21. The third-order valence-electron chi connectivity index (χ3n) is 5.07. The van der Waals surface area contributed by atoms with Crippen LogP contribution in [0.5, 0.6) is 5.75 Å². The van der Waals surface area contributed by atoms with Crippen LogP contribution in [0, 0.1) is 0 Å². The van der Waals surface area contributed by atoms with Crippen LogP contribution in [0.2, 0.25) is 0 Å². The first kappa shape index (κ1) is 32.8. The molecule has 0 aliphatic heterocycles. The third kappa shape index (κ3) is 4.75. The summed E-state index contributed by atoms with van der Waals surface area (Å²) in [5, 5.41) is 10.0. The lowest BCUT2D eigenvalue weighted by molar-refractivity contribution is -0.462. The maximum Gasteiger partial charge on any atom is 0.460 e. The van der Waals surface area contributed by atoms with E-state index in [1.165, 1.54) is 0 Å². The van der Waals surface area contributed by atoms with Gasteiger partial charge in [-0.2, -0.15) is 74.6 Å². The lowest BCUT2D eigenvalue weighted by Gasteiger charge is -2.43. The first-order valence-electron chi connectivity index (χ1n) is 9.08. The van der Waals surface area contributed by atoms with Gasteiger partial charge in [-0.05, 0) is 24.6 Å². The molecule has 19 heteroatoms. The number of benzene rings is 1. The van der Waals surface area contributed by atoms with Gasteiger partial charge < -0.3 is 9.84 Å². The van der Waals surface area contributed by atoms with Gasteiger partial charge in [-0.25, -0.2) is 0 Å². The van der Waals surface area contributed by atoms with Gasteiger partial charge in [0.2, 0.25) is 0 Å². The molecule has 1 atom stereocenters. The molecule has 0 spiro atoms. The van der Waals surface area contributed by atoms with Crippen molar-refractivity contribution in [1.29, 1.82) is 0 Å². The van der Waals surface area contributed by atoms with Gasteiger partial charge in [0, 0.05) is 0 Å². The first-order valence-corrected chi connectivity index (χ1v) is 9.08. The maximum atomic E-state index is 14.2. The van der Waals surface area contributed by atoms with Crippen molar-refractivity contribution >= 4 is 0 Å². The summed E-state index contributed by atoms with van der Waals surface area (Å²) in [5.41, 5.74) is -4.17. The van der Waals surface area contributed by atoms with Crippen LogP contribution in [-0.2, 0) is 5.60 Å². The van der Waals surface area contributed by atoms with Crippen molar-refractivity contribution in [2.45, 2.75) is 66.6 Å². The Bertz CT molecular complexity index is 948. The predicted octanol–water partition coefficient (Wildman–Crippen LogP) is 7.30. The average molecular weight is 584 g/mol. The topological polar surface area (TPSA) is 29.5 Å². The smallest absolute Gasteiger partial charge is 0.460 e. The van der Waals surface area contributed by atoms with E-state index in [0.717, 1.165) is 19.2 Å². The Morgan fingerprint density at radius 1 is 0.568 bits per heavy atom. The summed E-state index contributed by atoms with van der Waals surface area (Å²) in [4.78, 5) is 0. The van der Waals surface area contributed by atoms with Gasteiger partial charge in [0.1, 0.15) is 5.75 Å². The molecule has 0 saturated carbocycles. The van der Waals surface area contributed by atoms with Gasteiger partial charge in [-0.3, -0.25) is 0 Å². The van der Waals surface area contributed by atoms with Crippen molar-refractivity contribution in [3.63, 3.8) is 0 Å². The van der Waals surface area contributed by atoms with Crippen LogP contribution in [-0.4, -0.2) is 59.9 Å². The largest absolute Gasteiger partial charge is 0.497 e. The summed E-state index contributed by atoms with van der Waals surface area (Å²) in [6, 6.07) is 3.14. The summed E-state index contributed by atoms with van der Waals surface area (Å²) < 4.78 is 231. The fourth-order valence-corrected chi connectivity index (χ4v) is 2.79. The fourth-order valence-electron chi connectivity index (χ4n) is 2.79. The van der Waals surface area contributed by atoms with E-state index in [1.54, 1.807) is 0 Å². The summed E-state index contributed by atoms with van der Waals surface area (Å²) >= 11 is 0. The molecule has 1 N–H and O–H groups in total. The highest BCUT2D eigenvalue weighted by molar-refractivity contribution is 5.31. The first-order chi connectivity index (χ1) is 16.0. The van der Waals surface area contributed by atoms with E-state index >= 15 is 0 Å². The second kappa shape index (κ2) is 8.93. The molecule has 1 rings (SSSR count). The molecule has 0 saturated heterocycles. The lowest BCUT2D eigenvalue weighted by Crippen LogP contribution is -2.74. The highest BCUT2D eigenvalue weighted by Gasteiger charge is 2.95. The minimum absolute atomic E-state index is 0.0402. The Kier molecular flexibility index (Phi) is 7.92. The van der Waals surface area contributed by atoms with Gasteiger partial charge in [0.25, 0.3) is 0 Å². The Morgan fingerprint density at radius 3 is 1.22 bits per heavy atom. The van der Waals surface area contributed by atoms with Gasteiger partial charge >= 0.3 is 47.6 Å². The van der Waals surface area contributed by atoms with Crippen molar-refractivity contribution in [3.8, 4) is 5.75 Å². The van der Waals surface area contributed by atoms with Crippen LogP contribution in [0.3, 0.4) is 0 Å². The van der Waals surface area contributed by atoms with E-state index in [1.807, 2.05) is 0 Å². The molecule has 1 aromatic carbocycles. The number of aliphatic hydroxyl groups is 1. The zero-order chi connectivity index (χ0) is 29.9. The molecule has 37 heavy (non-hydrogen) atoms.